The summed E-state index contributed by atoms with van der Waals surface area (Å²) in [7, 11) is 3.41. The van der Waals surface area contributed by atoms with Gasteiger partial charge in [0.2, 0.25) is 0 Å². The average Bonchev–Trinajstić information content (AvgIpc) is 2.20. The number of carbonyl (C=O) groups excluding carboxylic acids is 1. The first kappa shape index (κ1) is 15.9. The van der Waals surface area contributed by atoms with Crippen LogP contribution >= 0.6 is 35.3 Å². The van der Waals surface area contributed by atoms with Crippen LogP contribution in [0, 0.1) is 0 Å². The van der Waals surface area contributed by atoms with Crippen molar-refractivity contribution in [3.05, 3.63) is 30.3 Å². The Hall–Kier alpha value is 0.885. The second-order valence-corrected chi connectivity index (χ2v) is 42.6. The molecule has 0 unspecified atom stereocenters. The number of amides is 2. The molecule has 0 aliphatic rings. The van der Waals surface area contributed by atoms with E-state index in [0.717, 1.165) is 5.69 Å². The summed E-state index contributed by atoms with van der Waals surface area (Å²) in [5, 5.41) is 2.73. The molecule has 15 heavy (non-hydrogen) atoms. The third-order valence-corrected chi connectivity index (χ3v) is 1.43. The maximum absolute atomic E-state index is 11.1. The van der Waals surface area contributed by atoms with E-state index in [-0.39, 0.29) is 21.9 Å². The van der Waals surface area contributed by atoms with Crippen molar-refractivity contribution in [2.45, 2.75) is 0 Å². The van der Waals surface area contributed by atoms with E-state index in [4.69, 9.17) is 0 Å². The molecule has 1 aromatic carbocycles. The number of nitrogens with zero attached hydrogens (tertiary/aromatic N) is 1. The molecule has 0 aliphatic carbocycles. The Balaban J connectivity index is 0.000000583. The van der Waals surface area contributed by atoms with Gasteiger partial charge in [0.05, 0.1) is 0 Å². The molecule has 0 heterocycles. The van der Waals surface area contributed by atoms with Gasteiger partial charge in [-0.15, -0.1) is 0 Å². The molecule has 0 aliphatic heterocycles. The molecule has 0 saturated carbocycles. The van der Waals surface area contributed by atoms with Crippen LogP contribution in [0.15, 0.2) is 30.3 Å². The van der Waals surface area contributed by atoms with Gasteiger partial charge >= 0.3 is 57.3 Å². The quantitative estimate of drug-likeness (QED) is 0.379. The van der Waals surface area contributed by atoms with Crippen molar-refractivity contribution in [3.8, 4) is 0 Å². The summed E-state index contributed by atoms with van der Waals surface area (Å²) < 4.78 is 0. The van der Waals surface area contributed by atoms with E-state index in [1.165, 1.54) is 4.90 Å². The summed E-state index contributed by atoms with van der Waals surface area (Å²) in [5.74, 6) is 0. The molecule has 0 atom stereocenters. The zero-order chi connectivity index (χ0) is 11.7. The van der Waals surface area contributed by atoms with Crippen LogP contribution in [0.4, 0.5) is 10.5 Å². The normalized spacial score (nSPS) is 8.00. The first-order chi connectivity index (χ1) is 7.11. The summed E-state index contributed by atoms with van der Waals surface area (Å²) in [6.07, 6.45) is 0. The molecule has 1 aromatic rings. The topological polar surface area (TPSA) is 32.3 Å². The minimum absolute atomic E-state index is 0.110. The number of nitrogens with one attached hydrogen (secondary N) is 1. The van der Waals surface area contributed by atoms with E-state index >= 15 is 0 Å². The van der Waals surface area contributed by atoms with E-state index < -0.39 is 0 Å². The van der Waals surface area contributed by atoms with Gasteiger partial charge < -0.3 is 10.2 Å². The second kappa shape index (κ2) is 10.1. The summed E-state index contributed by atoms with van der Waals surface area (Å²) in [6, 6.07) is 9.26. The number of halogens is 2. The third-order valence-electron chi connectivity index (χ3n) is 1.43. The standard InChI is InChI=1S/C9H12N2O.Hg.2HI/c1-11(2)9(12)10-8-6-4-3-5-7-8;;;/h3-7H,1-2H3,(H,10,12);;2*1H/q;+2;;/p-2. The molecule has 0 saturated heterocycles. The first-order valence-corrected chi connectivity index (χ1v) is 35.2. The number of hydrogen-bond donors (Lipinski definition) is 1. The number of urea groups is 1. The molecule has 0 fully saturated rings. The van der Waals surface area contributed by atoms with Crippen molar-refractivity contribution >= 4 is 47.0 Å². The summed E-state index contributed by atoms with van der Waals surface area (Å²) >= 11 is 4.85. The van der Waals surface area contributed by atoms with Gasteiger partial charge in [0, 0.05) is 19.8 Å². The van der Waals surface area contributed by atoms with E-state index in [2.05, 4.69) is 40.6 Å². The van der Waals surface area contributed by atoms with Crippen molar-refractivity contribution in [1.82, 2.24) is 4.90 Å². The fourth-order valence-electron chi connectivity index (χ4n) is 0.757. The fraction of sp³-hybridized carbons (Fsp3) is 0.222. The van der Waals surface area contributed by atoms with Crippen LogP contribution < -0.4 is 5.32 Å². The molecule has 3 nitrogen and oxygen atoms in total. The molecule has 0 spiro atoms. The number of hydrogen-bond acceptors (Lipinski definition) is 1. The molecule has 6 heteroatoms. The molecule has 0 aromatic heterocycles. The predicted molar refractivity (Wildman–Crippen MR) is 77.2 cm³/mol. The molecule has 1 N–H and O–H groups in total. The summed E-state index contributed by atoms with van der Waals surface area (Å²) in [6.45, 7) is 0. The maximum atomic E-state index is 11.1. The zero-order valence-corrected chi connectivity index (χ0v) is 18.5. The molecule has 80 valence electrons. The SMILES string of the molecule is CN(C)C(=O)Nc1ccccc1.[I][Hg][I]. The molecular weight excluding hydrogens is 607 g/mol. The Morgan fingerprint density at radius 1 is 1.27 bits per heavy atom. The van der Waals surface area contributed by atoms with Gasteiger partial charge in [-0.1, -0.05) is 18.2 Å². The van der Waals surface area contributed by atoms with Gasteiger partial charge in [0.1, 0.15) is 0 Å². The summed E-state index contributed by atoms with van der Waals surface area (Å²) in [4.78, 5) is 12.6. The first-order valence-electron chi connectivity index (χ1n) is 4.27. The van der Waals surface area contributed by atoms with Gasteiger partial charge in [-0.2, -0.15) is 0 Å². The van der Waals surface area contributed by atoms with Crippen molar-refractivity contribution in [2.24, 2.45) is 0 Å². The summed E-state index contributed by atoms with van der Waals surface area (Å²) in [5.41, 5.74) is 0.816. The van der Waals surface area contributed by atoms with Crippen LogP contribution in [0.1, 0.15) is 0 Å². The number of rotatable bonds is 1. The molecule has 2 amide bonds. The van der Waals surface area contributed by atoms with Crippen LogP contribution in [0.5, 0.6) is 0 Å². The molecule has 0 bridgehead atoms. The van der Waals surface area contributed by atoms with Crippen molar-refractivity contribution in [2.75, 3.05) is 19.4 Å². The zero-order valence-electron chi connectivity index (χ0n) is 8.71. The van der Waals surface area contributed by atoms with E-state index in [1.807, 2.05) is 30.3 Å². The number of carbonyl (C=O) groups is 1. The van der Waals surface area contributed by atoms with Gasteiger partial charge in [-0.3, -0.25) is 0 Å². The molecule has 0 radical (unpaired) electrons. The third kappa shape index (κ3) is 8.67. The van der Waals surface area contributed by atoms with Crippen molar-refractivity contribution < 1.29 is 20.7 Å². The van der Waals surface area contributed by atoms with E-state index in [0.29, 0.717) is 0 Å². The Morgan fingerprint density at radius 3 is 2.13 bits per heavy atom. The minimum atomic E-state index is -0.143. The van der Waals surface area contributed by atoms with Crippen molar-refractivity contribution in [1.29, 1.82) is 0 Å². The molecule has 1 rings (SSSR count). The number of anilines is 1. The van der Waals surface area contributed by atoms with Crippen LogP contribution in [0.25, 0.3) is 0 Å². The predicted octanol–water partition coefficient (Wildman–Crippen LogP) is 3.55. The van der Waals surface area contributed by atoms with Crippen LogP contribution in [0.3, 0.4) is 0 Å². The van der Waals surface area contributed by atoms with Crippen molar-refractivity contribution in [3.63, 3.8) is 0 Å². The van der Waals surface area contributed by atoms with Crippen LogP contribution in [0.2, 0.25) is 0 Å². The van der Waals surface area contributed by atoms with Gasteiger partial charge in [0.25, 0.3) is 0 Å². The number of para-hydroxylation sites is 1. The second-order valence-electron chi connectivity index (χ2n) is 2.79. The Morgan fingerprint density at radius 2 is 1.73 bits per heavy atom. The van der Waals surface area contributed by atoms with E-state index in [9.17, 15) is 4.79 Å². The Kier molecular flexibility index (Phi) is 10.7. The monoisotopic (exact) mass is 620 g/mol. The average molecular weight is 619 g/mol. The van der Waals surface area contributed by atoms with E-state index in [1.54, 1.807) is 14.1 Å². The Labute approximate surface area is 121 Å². The van der Waals surface area contributed by atoms with Crippen LogP contribution in [-0.2, 0) is 15.9 Å². The number of benzene rings is 1. The van der Waals surface area contributed by atoms with Gasteiger partial charge in [-0.05, 0) is 12.1 Å². The Bertz CT molecular complexity index is 283. The van der Waals surface area contributed by atoms with Crippen LogP contribution in [-0.4, -0.2) is 25.0 Å². The fourth-order valence-corrected chi connectivity index (χ4v) is 0.757. The molecular formula is C9H12HgI2N2O. The van der Waals surface area contributed by atoms with Gasteiger partial charge in [-0.25, -0.2) is 4.79 Å². The van der Waals surface area contributed by atoms with Gasteiger partial charge in [0.15, 0.2) is 0 Å².